The van der Waals surface area contributed by atoms with Crippen LogP contribution in [0, 0.1) is 0 Å². The molecule has 0 aromatic heterocycles. The number of rotatable bonds is 75. The van der Waals surface area contributed by atoms with Crippen molar-refractivity contribution in [2.75, 3.05) is 47.5 Å². The lowest BCUT2D eigenvalue weighted by atomic mass is 10.0. The molecule has 0 spiro atoms. The van der Waals surface area contributed by atoms with Crippen LogP contribution < -0.4 is 0 Å². The van der Waals surface area contributed by atoms with E-state index in [1.54, 1.807) is 0 Å². The van der Waals surface area contributed by atoms with Gasteiger partial charge in [0.15, 0.2) is 6.10 Å². The molecule has 0 amide bonds. The molecule has 0 radical (unpaired) electrons. The van der Waals surface area contributed by atoms with Crippen molar-refractivity contribution in [2.45, 2.75) is 373 Å². The zero-order valence-electron chi connectivity index (χ0n) is 64.0. The van der Waals surface area contributed by atoms with Gasteiger partial charge in [-0.3, -0.25) is 9.59 Å². The highest BCUT2D eigenvalue weighted by molar-refractivity contribution is 5.71. The van der Waals surface area contributed by atoms with Gasteiger partial charge < -0.3 is 28.5 Å². The SMILES string of the molecule is CC/C=C\C/C=C\C/C=C\C/C=C\C/C=C\C/C=C\C/C=C\C/C=C\C/C=C\C/C=C\CCCCCCCCCCC(=O)OC(COC(=O)CCCCCCCCCCCCCCCCCCCCCCCCCCCCCCCCCCC)COC(OCC[N+](C)(C)C)C(=O)O. The smallest absolute Gasteiger partial charge is 0.361 e. The highest BCUT2D eigenvalue weighted by Gasteiger charge is 2.25. The van der Waals surface area contributed by atoms with Crippen LogP contribution >= 0.6 is 0 Å². The second-order valence-electron chi connectivity index (χ2n) is 28.4. The quantitative estimate of drug-likeness (QED) is 0.0211. The molecule has 0 saturated carbocycles. The summed E-state index contributed by atoms with van der Waals surface area (Å²) < 4.78 is 23.0. The number of allylic oxidation sites excluding steroid dienone is 20. The number of hydrogen-bond donors (Lipinski definition) is 1. The third-order valence-corrected chi connectivity index (χ3v) is 17.7. The monoisotopic (exact) mass is 1350 g/mol. The van der Waals surface area contributed by atoms with Gasteiger partial charge in [-0.1, -0.05) is 379 Å². The Labute approximate surface area is 599 Å². The van der Waals surface area contributed by atoms with E-state index in [9.17, 15) is 19.5 Å². The van der Waals surface area contributed by atoms with Gasteiger partial charge in [-0.15, -0.1) is 0 Å². The summed E-state index contributed by atoms with van der Waals surface area (Å²) in [6.07, 6.45) is 108. The van der Waals surface area contributed by atoms with Crippen LogP contribution in [0.2, 0.25) is 0 Å². The molecule has 0 bridgehead atoms. The minimum absolute atomic E-state index is 0.182. The van der Waals surface area contributed by atoms with Crippen molar-refractivity contribution < 1.29 is 42.9 Å². The Hall–Kier alpha value is -4.31. The lowest BCUT2D eigenvalue weighted by molar-refractivity contribution is -0.870. The number of carboxylic acids is 1. The molecule has 0 heterocycles. The Kier molecular flexibility index (Phi) is 74.0. The van der Waals surface area contributed by atoms with Crippen LogP contribution in [0.15, 0.2) is 122 Å². The van der Waals surface area contributed by atoms with Crippen LogP contribution in [0.3, 0.4) is 0 Å². The van der Waals surface area contributed by atoms with Crippen molar-refractivity contribution in [2.24, 2.45) is 0 Å². The maximum absolute atomic E-state index is 13.0. The number of carbonyl (C=O) groups is 3. The molecule has 0 saturated heterocycles. The van der Waals surface area contributed by atoms with Crippen LogP contribution in [-0.4, -0.2) is 87.4 Å². The Morgan fingerprint density at radius 3 is 0.876 bits per heavy atom. The number of aliphatic carboxylic acids is 1. The summed E-state index contributed by atoms with van der Waals surface area (Å²) in [6.45, 7) is 4.79. The van der Waals surface area contributed by atoms with Gasteiger partial charge in [0.1, 0.15) is 13.2 Å². The summed E-state index contributed by atoms with van der Waals surface area (Å²) in [5.74, 6) is -2.01. The first-order valence-electron chi connectivity index (χ1n) is 40.7. The summed E-state index contributed by atoms with van der Waals surface area (Å²) in [5, 5.41) is 9.78. The van der Waals surface area contributed by atoms with Gasteiger partial charge >= 0.3 is 17.9 Å². The Morgan fingerprint density at radius 2 is 0.588 bits per heavy atom. The summed E-state index contributed by atoms with van der Waals surface area (Å²) in [4.78, 5) is 37.7. The van der Waals surface area contributed by atoms with Crippen LogP contribution in [0.1, 0.15) is 361 Å². The summed E-state index contributed by atoms with van der Waals surface area (Å²) in [5.41, 5.74) is 0. The van der Waals surface area contributed by atoms with Gasteiger partial charge in [0.25, 0.3) is 6.29 Å². The Balaban J connectivity index is 4.08. The lowest BCUT2D eigenvalue weighted by Gasteiger charge is -2.25. The van der Waals surface area contributed by atoms with Crippen LogP contribution in [-0.2, 0) is 33.3 Å². The number of quaternary nitrogens is 1. The summed E-state index contributed by atoms with van der Waals surface area (Å²) >= 11 is 0. The maximum atomic E-state index is 13.0. The first kappa shape index (κ1) is 92.7. The number of carboxylic acid groups (broad SMARTS) is 1. The highest BCUT2D eigenvalue weighted by Crippen LogP contribution is 2.19. The number of unbranched alkanes of at least 4 members (excludes halogenated alkanes) is 40. The fourth-order valence-corrected chi connectivity index (χ4v) is 11.6. The zero-order valence-corrected chi connectivity index (χ0v) is 64.0. The first-order chi connectivity index (χ1) is 47.6. The van der Waals surface area contributed by atoms with Crippen molar-refractivity contribution in [1.29, 1.82) is 0 Å². The number of hydrogen-bond acceptors (Lipinski definition) is 7. The Bertz CT molecular complexity index is 2020. The normalized spacial score (nSPS) is 13.3. The Morgan fingerprint density at radius 1 is 0.320 bits per heavy atom. The number of carbonyl (C=O) groups excluding carboxylic acids is 2. The molecule has 0 rings (SSSR count). The molecule has 0 aromatic rings. The zero-order chi connectivity index (χ0) is 70.4. The molecule has 0 aromatic carbocycles. The number of ether oxygens (including phenoxy) is 4. The van der Waals surface area contributed by atoms with Gasteiger partial charge in [-0.2, -0.15) is 0 Å². The van der Waals surface area contributed by atoms with E-state index in [2.05, 4.69) is 135 Å². The molecule has 0 aliphatic carbocycles. The van der Waals surface area contributed by atoms with Crippen LogP contribution in [0.25, 0.3) is 0 Å². The molecule has 558 valence electrons. The fourth-order valence-electron chi connectivity index (χ4n) is 11.6. The molecule has 9 nitrogen and oxygen atoms in total. The molecular formula is C88H154NO8+. The van der Waals surface area contributed by atoms with Crippen LogP contribution in [0.5, 0.6) is 0 Å². The van der Waals surface area contributed by atoms with Gasteiger partial charge in [-0.05, 0) is 89.9 Å². The molecule has 9 heteroatoms. The molecule has 0 aliphatic heterocycles. The number of esters is 2. The van der Waals surface area contributed by atoms with E-state index in [1.165, 1.54) is 218 Å². The first-order valence-corrected chi connectivity index (χ1v) is 40.7. The maximum Gasteiger partial charge on any atom is 0.361 e. The second kappa shape index (κ2) is 77.4. The van der Waals surface area contributed by atoms with Crippen molar-refractivity contribution in [3.63, 3.8) is 0 Å². The van der Waals surface area contributed by atoms with E-state index in [1.807, 2.05) is 21.1 Å². The fraction of sp³-hybridized carbons (Fsp3) is 0.739. The van der Waals surface area contributed by atoms with E-state index < -0.39 is 24.3 Å². The molecule has 97 heavy (non-hydrogen) atoms. The minimum Gasteiger partial charge on any atom is -0.477 e. The molecule has 2 unspecified atom stereocenters. The second-order valence-corrected chi connectivity index (χ2v) is 28.4. The molecule has 1 N–H and O–H groups in total. The van der Waals surface area contributed by atoms with Crippen molar-refractivity contribution in [3.05, 3.63) is 122 Å². The highest BCUT2D eigenvalue weighted by atomic mass is 16.7. The van der Waals surface area contributed by atoms with E-state index in [0.29, 0.717) is 23.9 Å². The lowest BCUT2D eigenvalue weighted by Crippen LogP contribution is -2.40. The van der Waals surface area contributed by atoms with Gasteiger partial charge in [0.05, 0.1) is 34.4 Å². The minimum atomic E-state index is -1.52. The topological polar surface area (TPSA) is 108 Å². The third kappa shape index (κ3) is 78.9. The molecular weight excluding hydrogens is 1200 g/mol. The van der Waals surface area contributed by atoms with Crippen LogP contribution in [0.4, 0.5) is 0 Å². The molecule has 2 atom stereocenters. The van der Waals surface area contributed by atoms with Gasteiger partial charge in [0, 0.05) is 12.8 Å². The van der Waals surface area contributed by atoms with E-state index in [-0.39, 0.29) is 32.2 Å². The predicted molar refractivity (Wildman–Crippen MR) is 419 cm³/mol. The van der Waals surface area contributed by atoms with Gasteiger partial charge in [0.2, 0.25) is 0 Å². The average Bonchev–Trinajstić information content (AvgIpc) is 2.39. The van der Waals surface area contributed by atoms with Crippen molar-refractivity contribution in [1.82, 2.24) is 0 Å². The summed E-state index contributed by atoms with van der Waals surface area (Å²) in [6, 6.07) is 0. The standard InChI is InChI=1S/C88H153NO8/c1-6-8-10-12-14-16-18-20-22-24-26-28-30-32-34-36-38-40-41-42-43-44-45-47-49-51-53-55-57-59-61-63-65-67-69-71-73-75-77-79-86(91)97-84(83-96-88(87(92)93)94-81-80-89(3,4)5)82-95-85(90)78-76-74-72-70-68-66-64-62-60-58-56-54-52-50-48-46-39-37-35-33-31-29-27-25-23-21-19-17-15-13-11-9-7-2/h8,10,14,16,20,22,26,28,32,34,38,40,42-43,45,47,51,53,57,59,84,88H,6-7,9,11-13,15,17-19,21,23-25,27,29-31,33,35-37,39,41,44,46,48-50,52,54-56,58,60-83H2,1-5H3/p+1/b10-8-,16-14-,22-20-,28-26-,34-32-,40-38-,43-42-,47-45-,53-51-,59-57-. The number of nitrogens with zero attached hydrogens (tertiary/aromatic N) is 1. The van der Waals surface area contributed by atoms with E-state index >= 15 is 0 Å². The van der Waals surface area contributed by atoms with Gasteiger partial charge in [-0.25, -0.2) is 4.79 Å². The van der Waals surface area contributed by atoms with E-state index in [4.69, 9.17) is 18.9 Å². The average molecular weight is 1350 g/mol. The molecule has 0 fully saturated rings. The molecule has 0 aliphatic rings. The number of likely N-dealkylation sites (N-methyl/N-ethyl adjacent to an activating group) is 1. The largest absolute Gasteiger partial charge is 0.477 e. The predicted octanol–water partition coefficient (Wildman–Crippen LogP) is 26.3. The van der Waals surface area contributed by atoms with Crippen molar-refractivity contribution in [3.8, 4) is 0 Å². The van der Waals surface area contributed by atoms with Crippen molar-refractivity contribution >= 4 is 17.9 Å². The third-order valence-electron chi connectivity index (χ3n) is 17.7. The summed E-state index contributed by atoms with van der Waals surface area (Å²) in [7, 11) is 5.98. The van der Waals surface area contributed by atoms with E-state index in [0.717, 1.165) is 109 Å².